The van der Waals surface area contributed by atoms with Crippen LogP contribution in [0.2, 0.25) is 5.02 Å². The number of benzene rings is 2. The van der Waals surface area contributed by atoms with Crippen LogP contribution < -0.4 is 9.47 Å². The van der Waals surface area contributed by atoms with Crippen molar-refractivity contribution in [2.75, 3.05) is 13.2 Å². The highest BCUT2D eigenvalue weighted by Gasteiger charge is 2.21. The predicted molar refractivity (Wildman–Crippen MR) is 88.8 cm³/mol. The fourth-order valence-electron chi connectivity index (χ4n) is 2.56. The standard InChI is InChI=1S/C18H18ClNO3/c1-2-22-16-6-3-13(4-7-16)10-20-11-14-9-15(19)5-8-17(14)23-12-18(20)21/h3-9H,2,10-12H2,1H3. The molecule has 0 aliphatic carbocycles. The van der Waals surface area contributed by atoms with Gasteiger partial charge in [-0.25, -0.2) is 0 Å². The van der Waals surface area contributed by atoms with Crippen LogP contribution in [0.3, 0.4) is 0 Å². The van der Waals surface area contributed by atoms with Crippen LogP contribution in [-0.4, -0.2) is 24.0 Å². The lowest BCUT2D eigenvalue weighted by atomic mass is 10.1. The van der Waals surface area contributed by atoms with Gasteiger partial charge in [0, 0.05) is 23.7 Å². The molecule has 120 valence electrons. The molecular weight excluding hydrogens is 314 g/mol. The third-order valence-corrected chi connectivity index (χ3v) is 3.93. The number of nitrogens with zero attached hydrogens (tertiary/aromatic N) is 1. The van der Waals surface area contributed by atoms with Gasteiger partial charge in [-0.2, -0.15) is 0 Å². The molecule has 5 heteroatoms. The summed E-state index contributed by atoms with van der Waals surface area (Å²) in [7, 11) is 0. The molecule has 0 atom stereocenters. The summed E-state index contributed by atoms with van der Waals surface area (Å²) in [6, 6.07) is 13.2. The first-order valence-electron chi connectivity index (χ1n) is 7.56. The molecule has 1 aliphatic rings. The van der Waals surface area contributed by atoms with Gasteiger partial charge in [-0.05, 0) is 42.8 Å². The third kappa shape index (κ3) is 3.77. The Balaban J connectivity index is 1.77. The Morgan fingerprint density at radius 1 is 1.22 bits per heavy atom. The van der Waals surface area contributed by atoms with E-state index in [1.165, 1.54) is 0 Å². The zero-order valence-corrected chi connectivity index (χ0v) is 13.7. The van der Waals surface area contributed by atoms with Crippen LogP contribution in [0.15, 0.2) is 42.5 Å². The van der Waals surface area contributed by atoms with E-state index in [9.17, 15) is 4.79 Å². The molecular formula is C18H18ClNO3. The molecule has 0 radical (unpaired) electrons. The van der Waals surface area contributed by atoms with Gasteiger partial charge in [0.15, 0.2) is 6.61 Å². The minimum Gasteiger partial charge on any atom is -0.494 e. The van der Waals surface area contributed by atoms with Crippen molar-refractivity contribution in [1.29, 1.82) is 0 Å². The van der Waals surface area contributed by atoms with E-state index >= 15 is 0 Å². The zero-order chi connectivity index (χ0) is 16.2. The van der Waals surface area contributed by atoms with Gasteiger partial charge in [-0.1, -0.05) is 23.7 Å². The van der Waals surface area contributed by atoms with Crippen molar-refractivity contribution in [2.24, 2.45) is 0 Å². The Morgan fingerprint density at radius 3 is 2.74 bits per heavy atom. The number of carbonyl (C=O) groups excluding carboxylic acids is 1. The van der Waals surface area contributed by atoms with E-state index in [4.69, 9.17) is 21.1 Å². The van der Waals surface area contributed by atoms with Gasteiger partial charge in [0.25, 0.3) is 5.91 Å². The first-order valence-corrected chi connectivity index (χ1v) is 7.94. The van der Waals surface area contributed by atoms with Crippen LogP contribution in [0.4, 0.5) is 0 Å². The number of carbonyl (C=O) groups is 1. The minimum absolute atomic E-state index is 0.0359. The normalized spacial score (nSPS) is 14.0. The number of ether oxygens (including phenoxy) is 2. The molecule has 0 N–H and O–H groups in total. The first-order chi connectivity index (χ1) is 11.2. The van der Waals surface area contributed by atoms with Gasteiger partial charge in [-0.3, -0.25) is 4.79 Å². The van der Waals surface area contributed by atoms with Crippen molar-refractivity contribution < 1.29 is 14.3 Å². The molecule has 2 aromatic rings. The Kier molecular flexibility index (Phi) is 4.72. The predicted octanol–water partition coefficient (Wildman–Crippen LogP) is 3.66. The molecule has 2 aromatic carbocycles. The summed E-state index contributed by atoms with van der Waals surface area (Å²) >= 11 is 6.05. The number of halogens is 1. The van der Waals surface area contributed by atoms with Gasteiger partial charge in [0.05, 0.1) is 6.61 Å². The summed E-state index contributed by atoms with van der Waals surface area (Å²) in [5.41, 5.74) is 1.97. The Hall–Kier alpha value is -2.20. The molecule has 0 saturated carbocycles. The van der Waals surface area contributed by atoms with Crippen LogP contribution in [0.1, 0.15) is 18.1 Å². The van der Waals surface area contributed by atoms with Crippen LogP contribution >= 0.6 is 11.6 Å². The van der Waals surface area contributed by atoms with Gasteiger partial charge in [0.1, 0.15) is 11.5 Å². The molecule has 1 amide bonds. The molecule has 0 aromatic heterocycles. The fourth-order valence-corrected chi connectivity index (χ4v) is 2.75. The molecule has 1 aliphatic heterocycles. The largest absolute Gasteiger partial charge is 0.494 e. The second kappa shape index (κ2) is 6.92. The summed E-state index contributed by atoms with van der Waals surface area (Å²) in [4.78, 5) is 14.1. The zero-order valence-electron chi connectivity index (χ0n) is 12.9. The maximum atomic E-state index is 12.3. The monoisotopic (exact) mass is 331 g/mol. The van der Waals surface area contributed by atoms with Crippen molar-refractivity contribution in [2.45, 2.75) is 20.0 Å². The van der Waals surface area contributed by atoms with E-state index in [2.05, 4.69) is 0 Å². The second-order valence-electron chi connectivity index (χ2n) is 5.37. The molecule has 1 heterocycles. The highest BCUT2D eigenvalue weighted by atomic mass is 35.5. The molecule has 0 bridgehead atoms. The highest BCUT2D eigenvalue weighted by molar-refractivity contribution is 6.30. The maximum absolute atomic E-state index is 12.3. The van der Waals surface area contributed by atoms with Crippen molar-refractivity contribution in [1.82, 2.24) is 4.90 Å². The van der Waals surface area contributed by atoms with E-state index in [-0.39, 0.29) is 12.5 Å². The maximum Gasteiger partial charge on any atom is 0.261 e. The molecule has 23 heavy (non-hydrogen) atoms. The topological polar surface area (TPSA) is 38.8 Å². The molecule has 0 spiro atoms. The van der Waals surface area contributed by atoms with Gasteiger partial charge in [0.2, 0.25) is 0 Å². The lowest BCUT2D eigenvalue weighted by Crippen LogP contribution is -2.31. The smallest absolute Gasteiger partial charge is 0.261 e. The number of hydrogen-bond donors (Lipinski definition) is 0. The van der Waals surface area contributed by atoms with Crippen molar-refractivity contribution in [3.05, 3.63) is 58.6 Å². The summed E-state index contributed by atoms with van der Waals surface area (Å²) in [5.74, 6) is 1.52. The second-order valence-corrected chi connectivity index (χ2v) is 5.80. The van der Waals surface area contributed by atoms with E-state index < -0.39 is 0 Å². The lowest BCUT2D eigenvalue weighted by molar-refractivity contribution is -0.133. The van der Waals surface area contributed by atoms with E-state index in [1.54, 1.807) is 11.0 Å². The third-order valence-electron chi connectivity index (χ3n) is 3.70. The molecule has 4 nitrogen and oxygen atoms in total. The van der Waals surface area contributed by atoms with Gasteiger partial charge < -0.3 is 14.4 Å². The lowest BCUT2D eigenvalue weighted by Gasteiger charge is -2.20. The number of rotatable bonds is 4. The highest BCUT2D eigenvalue weighted by Crippen LogP contribution is 2.27. The van der Waals surface area contributed by atoms with E-state index in [0.29, 0.717) is 24.7 Å². The average molecular weight is 332 g/mol. The summed E-state index contributed by atoms with van der Waals surface area (Å²) in [6.45, 7) is 3.65. The van der Waals surface area contributed by atoms with Gasteiger partial charge >= 0.3 is 0 Å². The van der Waals surface area contributed by atoms with Crippen molar-refractivity contribution >= 4 is 17.5 Å². The fraction of sp³-hybridized carbons (Fsp3) is 0.278. The number of hydrogen-bond acceptors (Lipinski definition) is 3. The molecule has 0 fully saturated rings. The van der Waals surface area contributed by atoms with Crippen LogP contribution in [0.25, 0.3) is 0 Å². The van der Waals surface area contributed by atoms with Crippen molar-refractivity contribution in [3.63, 3.8) is 0 Å². The summed E-state index contributed by atoms with van der Waals surface area (Å²) in [5, 5.41) is 0.641. The van der Waals surface area contributed by atoms with Crippen LogP contribution in [0, 0.1) is 0 Å². The minimum atomic E-state index is -0.0359. The van der Waals surface area contributed by atoms with Crippen LogP contribution in [0.5, 0.6) is 11.5 Å². The first kappa shape index (κ1) is 15.7. The Morgan fingerprint density at radius 2 is 2.00 bits per heavy atom. The van der Waals surface area contributed by atoms with E-state index in [0.717, 1.165) is 22.6 Å². The molecule has 3 rings (SSSR count). The average Bonchev–Trinajstić information content (AvgIpc) is 2.69. The van der Waals surface area contributed by atoms with E-state index in [1.807, 2.05) is 43.3 Å². The van der Waals surface area contributed by atoms with Crippen molar-refractivity contribution in [3.8, 4) is 11.5 Å². The number of amides is 1. The summed E-state index contributed by atoms with van der Waals surface area (Å²) < 4.78 is 11.0. The number of fused-ring (bicyclic) bond motifs is 1. The van der Waals surface area contributed by atoms with Gasteiger partial charge in [-0.15, -0.1) is 0 Å². The van der Waals surface area contributed by atoms with Crippen LogP contribution in [-0.2, 0) is 17.9 Å². The Bertz CT molecular complexity index is 700. The summed E-state index contributed by atoms with van der Waals surface area (Å²) in [6.07, 6.45) is 0. The quantitative estimate of drug-likeness (QED) is 0.858. The SMILES string of the molecule is CCOc1ccc(CN2Cc3cc(Cl)ccc3OCC2=O)cc1. The Labute approximate surface area is 140 Å². The molecule has 0 saturated heterocycles. The molecule has 0 unspecified atom stereocenters.